The van der Waals surface area contributed by atoms with Crippen LogP contribution in [0, 0.1) is 17.2 Å². The molecule has 2 unspecified atom stereocenters. The second-order valence-corrected chi connectivity index (χ2v) is 5.75. The van der Waals surface area contributed by atoms with Crippen molar-refractivity contribution in [2.75, 3.05) is 0 Å². The highest BCUT2D eigenvalue weighted by atomic mass is 16.1. The number of pyridine rings is 1. The maximum atomic E-state index is 11.3. The Balaban J connectivity index is 1.96. The van der Waals surface area contributed by atoms with Crippen LogP contribution in [0.15, 0.2) is 48.8 Å². The van der Waals surface area contributed by atoms with E-state index in [1.54, 1.807) is 19.1 Å². The summed E-state index contributed by atoms with van der Waals surface area (Å²) in [6.45, 7) is 1.69. The zero-order chi connectivity index (χ0) is 17.3. The zero-order valence-corrected chi connectivity index (χ0v) is 13.2. The van der Waals surface area contributed by atoms with E-state index >= 15 is 0 Å². The molecular formula is C18H17N5O. The molecule has 0 radical (unpaired) electrons. The van der Waals surface area contributed by atoms with Crippen LogP contribution < -0.4 is 11.5 Å². The van der Waals surface area contributed by atoms with Crippen molar-refractivity contribution in [2.45, 2.75) is 13.0 Å². The number of nitrogens with zero attached hydrogens (tertiary/aromatic N) is 3. The first-order valence-corrected chi connectivity index (χ1v) is 7.53. The number of nitriles is 1. The molecule has 0 aliphatic heterocycles. The van der Waals surface area contributed by atoms with Gasteiger partial charge in [0.15, 0.2) is 0 Å². The summed E-state index contributed by atoms with van der Waals surface area (Å²) in [4.78, 5) is 15.8. The number of rotatable bonds is 4. The molecule has 3 aromatic rings. The van der Waals surface area contributed by atoms with Crippen molar-refractivity contribution >= 4 is 11.6 Å². The van der Waals surface area contributed by atoms with Gasteiger partial charge in [0.2, 0.25) is 5.91 Å². The van der Waals surface area contributed by atoms with Crippen LogP contribution in [-0.4, -0.2) is 15.3 Å². The predicted molar refractivity (Wildman–Crippen MR) is 90.6 cm³/mol. The lowest BCUT2D eigenvalue weighted by Crippen LogP contribution is -2.31. The van der Waals surface area contributed by atoms with Crippen molar-refractivity contribution in [1.82, 2.24) is 9.38 Å². The molecule has 24 heavy (non-hydrogen) atoms. The van der Waals surface area contributed by atoms with E-state index < -0.39 is 17.9 Å². The summed E-state index contributed by atoms with van der Waals surface area (Å²) in [5, 5.41) is 8.87. The zero-order valence-electron chi connectivity index (χ0n) is 13.2. The van der Waals surface area contributed by atoms with E-state index in [1.807, 2.05) is 41.1 Å². The van der Waals surface area contributed by atoms with Gasteiger partial charge in [-0.1, -0.05) is 19.1 Å². The molecule has 1 amide bonds. The van der Waals surface area contributed by atoms with E-state index in [1.165, 1.54) is 0 Å². The number of benzene rings is 1. The van der Waals surface area contributed by atoms with Crippen molar-refractivity contribution in [1.29, 1.82) is 5.26 Å². The van der Waals surface area contributed by atoms with E-state index in [0.717, 1.165) is 16.8 Å². The molecule has 2 heterocycles. The SMILES string of the molecule is CC(C(N)=O)C(N)c1cn2cc(-c3ccc(C#N)cc3)ccc2n1. The van der Waals surface area contributed by atoms with Crippen molar-refractivity contribution in [3.63, 3.8) is 0 Å². The summed E-state index contributed by atoms with van der Waals surface area (Å²) in [5.74, 6) is -0.939. The number of hydrogen-bond donors (Lipinski definition) is 2. The van der Waals surface area contributed by atoms with Crippen LogP contribution in [0.4, 0.5) is 0 Å². The predicted octanol–water partition coefficient (Wildman–Crippen LogP) is 1.99. The highest BCUT2D eigenvalue weighted by molar-refractivity contribution is 5.77. The lowest BCUT2D eigenvalue weighted by atomic mass is 10.00. The number of amides is 1. The molecule has 0 aliphatic carbocycles. The first kappa shape index (κ1) is 15.7. The van der Waals surface area contributed by atoms with E-state index in [9.17, 15) is 4.79 Å². The number of nitrogens with two attached hydrogens (primary N) is 2. The van der Waals surface area contributed by atoms with Crippen LogP contribution in [0.2, 0.25) is 0 Å². The minimum absolute atomic E-state index is 0.446. The van der Waals surface area contributed by atoms with Crippen LogP contribution in [0.5, 0.6) is 0 Å². The third kappa shape index (κ3) is 2.85. The average Bonchev–Trinajstić information content (AvgIpc) is 3.03. The minimum atomic E-state index is -0.541. The van der Waals surface area contributed by atoms with Crippen molar-refractivity contribution in [2.24, 2.45) is 17.4 Å². The Morgan fingerprint density at radius 1 is 1.17 bits per heavy atom. The maximum Gasteiger partial charge on any atom is 0.222 e. The minimum Gasteiger partial charge on any atom is -0.369 e. The normalized spacial score (nSPS) is 13.4. The number of carbonyl (C=O) groups is 1. The van der Waals surface area contributed by atoms with E-state index in [-0.39, 0.29) is 0 Å². The fourth-order valence-corrected chi connectivity index (χ4v) is 2.51. The van der Waals surface area contributed by atoms with E-state index in [4.69, 9.17) is 16.7 Å². The van der Waals surface area contributed by atoms with Gasteiger partial charge in [-0.3, -0.25) is 4.79 Å². The number of hydrogen-bond acceptors (Lipinski definition) is 4. The summed E-state index contributed by atoms with van der Waals surface area (Å²) >= 11 is 0. The van der Waals surface area contributed by atoms with Crippen LogP contribution in [0.25, 0.3) is 16.8 Å². The van der Waals surface area contributed by atoms with Gasteiger partial charge >= 0.3 is 0 Å². The second-order valence-electron chi connectivity index (χ2n) is 5.75. The van der Waals surface area contributed by atoms with Crippen LogP contribution in [0.3, 0.4) is 0 Å². The Labute approximate surface area is 139 Å². The second kappa shape index (κ2) is 6.14. The van der Waals surface area contributed by atoms with Gasteiger partial charge in [0.05, 0.1) is 29.3 Å². The molecule has 1 aromatic carbocycles. The molecule has 6 heteroatoms. The summed E-state index contributed by atoms with van der Waals surface area (Å²) in [7, 11) is 0. The Hall–Kier alpha value is -3.17. The summed E-state index contributed by atoms with van der Waals surface area (Å²) in [5.41, 5.74) is 15.4. The Morgan fingerprint density at radius 2 is 1.83 bits per heavy atom. The Bertz CT molecular complexity index is 936. The number of primary amides is 1. The topological polar surface area (TPSA) is 110 Å². The molecule has 0 saturated heterocycles. The quantitative estimate of drug-likeness (QED) is 0.766. The lowest BCUT2D eigenvalue weighted by molar-refractivity contribution is -0.121. The van der Waals surface area contributed by atoms with Crippen LogP contribution in [-0.2, 0) is 4.79 Å². The number of fused-ring (bicyclic) bond motifs is 1. The lowest BCUT2D eigenvalue weighted by Gasteiger charge is -2.13. The molecule has 3 rings (SSSR count). The van der Waals surface area contributed by atoms with Gasteiger partial charge < -0.3 is 15.9 Å². The Morgan fingerprint density at radius 3 is 2.46 bits per heavy atom. The number of imidazole rings is 1. The van der Waals surface area contributed by atoms with Crippen molar-refractivity contribution in [3.8, 4) is 17.2 Å². The fraction of sp³-hybridized carbons (Fsp3) is 0.167. The van der Waals surface area contributed by atoms with Gasteiger partial charge in [0, 0.05) is 12.4 Å². The van der Waals surface area contributed by atoms with E-state index in [2.05, 4.69) is 11.1 Å². The van der Waals surface area contributed by atoms with Crippen LogP contribution >= 0.6 is 0 Å². The van der Waals surface area contributed by atoms with Crippen molar-refractivity contribution in [3.05, 3.63) is 60.0 Å². The van der Waals surface area contributed by atoms with Gasteiger partial charge in [0.1, 0.15) is 5.65 Å². The van der Waals surface area contributed by atoms with Crippen molar-refractivity contribution < 1.29 is 4.79 Å². The molecule has 0 bridgehead atoms. The summed E-state index contributed by atoms with van der Waals surface area (Å²) < 4.78 is 1.87. The Kier molecular flexibility index (Phi) is 4.02. The highest BCUT2D eigenvalue weighted by Gasteiger charge is 2.22. The maximum absolute atomic E-state index is 11.3. The molecule has 0 spiro atoms. The van der Waals surface area contributed by atoms with E-state index in [0.29, 0.717) is 11.3 Å². The smallest absolute Gasteiger partial charge is 0.222 e. The summed E-state index contributed by atoms with van der Waals surface area (Å²) in [6, 6.07) is 12.8. The third-order valence-electron chi connectivity index (χ3n) is 4.15. The monoisotopic (exact) mass is 319 g/mol. The fourth-order valence-electron chi connectivity index (χ4n) is 2.51. The molecule has 120 valence electrons. The van der Waals surface area contributed by atoms with Gasteiger partial charge in [-0.05, 0) is 35.4 Å². The standard InChI is InChI=1S/C18H17N5O/c1-11(18(21)24)17(20)15-10-23-9-14(6-7-16(23)22-15)13-4-2-12(8-19)3-5-13/h2-7,9-11,17H,20H2,1H3,(H2,21,24). The van der Waals surface area contributed by atoms with Gasteiger partial charge in [-0.25, -0.2) is 4.98 Å². The average molecular weight is 319 g/mol. The molecule has 0 saturated carbocycles. The first-order valence-electron chi connectivity index (χ1n) is 7.53. The number of aromatic nitrogens is 2. The molecular weight excluding hydrogens is 302 g/mol. The molecule has 2 aromatic heterocycles. The largest absolute Gasteiger partial charge is 0.369 e. The molecule has 0 aliphatic rings. The van der Waals surface area contributed by atoms with Gasteiger partial charge in [0.25, 0.3) is 0 Å². The molecule has 2 atom stereocenters. The first-order chi connectivity index (χ1) is 11.5. The third-order valence-corrected chi connectivity index (χ3v) is 4.15. The molecule has 0 fully saturated rings. The number of carbonyl (C=O) groups excluding carboxylic acids is 1. The molecule has 6 nitrogen and oxygen atoms in total. The van der Waals surface area contributed by atoms with Gasteiger partial charge in [-0.2, -0.15) is 5.26 Å². The highest BCUT2D eigenvalue weighted by Crippen LogP contribution is 2.23. The van der Waals surface area contributed by atoms with Gasteiger partial charge in [-0.15, -0.1) is 0 Å². The molecule has 4 N–H and O–H groups in total. The summed E-state index contributed by atoms with van der Waals surface area (Å²) in [6.07, 6.45) is 3.75. The van der Waals surface area contributed by atoms with Crippen LogP contribution in [0.1, 0.15) is 24.2 Å².